The molecule has 5 rings (SSSR count). The number of aryl methyl sites for hydroxylation is 1. The summed E-state index contributed by atoms with van der Waals surface area (Å²) in [6, 6.07) is 15.6. The maximum absolute atomic E-state index is 13.5. The first-order chi connectivity index (χ1) is 12.5. The van der Waals surface area contributed by atoms with Crippen molar-refractivity contribution in [2.75, 3.05) is 4.90 Å². The molecule has 0 bridgehead atoms. The van der Waals surface area contributed by atoms with Crippen molar-refractivity contribution in [3.63, 3.8) is 0 Å². The highest BCUT2D eigenvalue weighted by Crippen LogP contribution is 2.46. The zero-order chi connectivity index (χ0) is 18.1. The molecule has 1 unspecified atom stereocenters. The summed E-state index contributed by atoms with van der Waals surface area (Å²) in [6.07, 6.45) is 2.20. The van der Waals surface area contributed by atoms with Gasteiger partial charge in [-0.05, 0) is 56.5 Å². The number of carbonyl (C=O) groups is 2. The number of amides is 1. The van der Waals surface area contributed by atoms with Crippen LogP contribution < -0.4 is 4.90 Å². The zero-order valence-electron chi connectivity index (χ0n) is 15.0. The van der Waals surface area contributed by atoms with Crippen molar-refractivity contribution in [1.29, 1.82) is 0 Å². The lowest BCUT2D eigenvalue weighted by Gasteiger charge is -2.44. The van der Waals surface area contributed by atoms with Crippen LogP contribution in [-0.4, -0.2) is 16.4 Å². The van der Waals surface area contributed by atoms with Gasteiger partial charge in [-0.25, -0.2) is 0 Å². The fourth-order valence-electron chi connectivity index (χ4n) is 4.69. The number of piperidine rings is 1. The van der Waals surface area contributed by atoms with Gasteiger partial charge >= 0.3 is 0 Å². The number of aromatic nitrogens is 1. The molecule has 1 atom stereocenters. The molecule has 1 aromatic heterocycles. The standard InChI is InChI=1S/C22H20N2O2/c1-14-7-5-10-17-16(14)13-19-22(2)12-6-11-20(25)24(22)18-9-4-3-8-15(18)21(26)23(17)19/h3-5,7-10,13H,6,11-12H2,1-2H3. The lowest BCUT2D eigenvalue weighted by atomic mass is 9.84. The highest BCUT2D eigenvalue weighted by atomic mass is 16.2. The molecule has 26 heavy (non-hydrogen) atoms. The second-order valence-corrected chi connectivity index (χ2v) is 7.55. The van der Waals surface area contributed by atoms with Crippen LogP contribution in [-0.2, 0) is 10.3 Å². The van der Waals surface area contributed by atoms with Crippen molar-refractivity contribution in [2.45, 2.75) is 38.6 Å². The topological polar surface area (TPSA) is 42.3 Å². The van der Waals surface area contributed by atoms with Gasteiger partial charge in [-0.1, -0.05) is 24.3 Å². The fraction of sp³-hybridized carbons (Fsp3) is 0.273. The first-order valence-electron chi connectivity index (χ1n) is 9.11. The summed E-state index contributed by atoms with van der Waals surface area (Å²) in [4.78, 5) is 28.4. The molecule has 1 fully saturated rings. The van der Waals surface area contributed by atoms with Crippen LogP contribution in [0.4, 0.5) is 5.69 Å². The van der Waals surface area contributed by atoms with E-state index in [1.807, 2.05) is 45.9 Å². The molecule has 3 aromatic rings. The Hall–Kier alpha value is -2.88. The van der Waals surface area contributed by atoms with E-state index in [4.69, 9.17) is 0 Å². The van der Waals surface area contributed by atoms with E-state index in [0.717, 1.165) is 40.7 Å². The van der Waals surface area contributed by atoms with E-state index in [0.29, 0.717) is 12.0 Å². The van der Waals surface area contributed by atoms with E-state index >= 15 is 0 Å². The third-order valence-corrected chi connectivity index (χ3v) is 5.99. The van der Waals surface area contributed by atoms with E-state index in [2.05, 4.69) is 26.0 Å². The summed E-state index contributed by atoms with van der Waals surface area (Å²) in [6.45, 7) is 4.16. The predicted molar refractivity (Wildman–Crippen MR) is 102 cm³/mol. The highest BCUT2D eigenvalue weighted by Gasteiger charge is 2.47. The summed E-state index contributed by atoms with van der Waals surface area (Å²) in [5, 5.41) is 1.08. The predicted octanol–water partition coefficient (Wildman–Crippen LogP) is 4.38. The minimum Gasteiger partial charge on any atom is -0.300 e. The summed E-state index contributed by atoms with van der Waals surface area (Å²) in [7, 11) is 0. The number of fused-ring (bicyclic) bond motifs is 7. The van der Waals surface area contributed by atoms with Crippen LogP contribution in [0, 0.1) is 6.92 Å². The second-order valence-electron chi connectivity index (χ2n) is 7.55. The lowest BCUT2D eigenvalue weighted by molar-refractivity contribution is -0.121. The van der Waals surface area contributed by atoms with Crippen LogP contribution in [0.3, 0.4) is 0 Å². The number of anilines is 1. The van der Waals surface area contributed by atoms with Crippen molar-refractivity contribution >= 4 is 28.4 Å². The molecule has 0 radical (unpaired) electrons. The quantitative estimate of drug-likeness (QED) is 0.607. The smallest absolute Gasteiger partial charge is 0.264 e. The minimum absolute atomic E-state index is 0.0559. The van der Waals surface area contributed by atoms with Crippen LogP contribution >= 0.6 is 0 Å². The zero-order valence-corrected chi connectivity index (χ0v) is 15.0. The van der Waals surface area contributed by atoms with Gasteiger partial charge in [0.25, 0.3) is 5.91 Å². The van der Waals surface area contributed by atoms with Gasteiger partial charge in [-0.15, -0.1) is 0 Å². The van der Waals surface area contributed by atoms with Gasteiger partial charge in [0, 0.05) is 11.8 Å². The number of benzene rings is 2. The normalized spacial score (nSPS) is 22.0. The average Bonchev–Trinajstić information content (AvgIpc) is 3.00. The number of carbonyl (C=O) groups excluding carboxylic acids is 2. The van der Waals surface area contributed by atoms with Gasteiger partial charge in [0.15, 0.2) is 0 Å². The number of hydrogen-bond donors (Lipinski definition) is 0. The van der Waals surface area contributed by atoms with Crippen molar-refractivity contribution in [1.82, 2.24) is 4.57 Å². The number of para-hydroxylation sites is 1. The summed E-state index contributed by atoms with van der Waals surface area (Å²) >= 11 is 0. The Labute approximate surface area is 152 Å². The Bertz CT molecular complexity index is 1090. The second kappa shape index (κ2) is 5.07. The van der Waals surface area contributed by atoms with E-state index in [-0.39, 0.29) is 11.8 Å². The monoisotopic (exact) mass is 344 g/mol. The Balaban J connectivity index is 1.95. The first-order valence-corrected chi connectivity index (χ1v) is 9.11. The molecule has 2 aliphatic heterocycles. The SMILES string of the molecule is Cc1cccc2c1cc1n2C(=O)c2ccccc2N2C(=O)CCCC12C. The molecule has 4 heteroatoms. The maximum atomic E-state index is 13.5. The molecule has 0 N–H and O–H groups in total. The van der Waals surface area contributed by atoms with E-state index in [1.165, 1.54) is 0 Å². The van der Waals surface area contributed by atoms with Crippen LogP contribution in [0.1, 0.15) is 47.8 Å². The molecule has 1 amide bonds. The minimum atomic E-state index is -0.525. The van der Waals surface area contributed by atoms with Gasteiger partial charge in [0.1, 0.15) is 0 Å². The van der Waals surface area contributed by atoms with Crippen molar-refractivity contribution in [3.05, 3.63) is 65.4 Å². The average molecular weight is 344 g/mol. The molecule has 1 saturated heterocycles. The molecule has 2 aliphatic rings. The van der Waals surface area contributed by atoms with Crippen LogP contribution in [0.25, 0.3) is 10.9 Å². The Morgan fingerprint density at radius 1 is 1.04 bits per heavy atom. The van der Waals surface area contributed by atoms with E-state index < -0.39 is 5.54 Å². The van der Waals surface area contributed by atoms with Crippen LogP contribution in [0.5, 0.6) is 0 Å². The molecular weight excluding hydrogens is 324 g/mol. The number of rotatable bonds is 0. The van der Waals surface area contributed by atoms with Gasteiger partial charge in [-0.3, -0.25) is 14.2 Å². The van der Waals surface area contributed by atoms with Crippen LogP contribution in [0.15, 0.2) is 48.5 Å². The summed E-state index contributed by atoms with van der Waals surface area (Å²) in [5.74, 6) is 0.0362. The Kier molecular flexibility index (Phi) is 3.00. The molecule has 130 valence electrons. The molecule has 0 aliphatic carbocycles. The van der Waals surface area contributed by atoms with Gasteiger partial charge in [-0.2, -0.15) is 0 Å². The molecule has 0 saturated carbocycles. The summed E-state index contributed by atoms with van der Waals surface area (Å²) < 4.78 is 1.83. The Morgan fingerprint density at radius 3 is 2.69 bits per heavy atom. The first kappa shape index (κ1) is 15.4. The van der Waals surface area contributed by atoms with Gasteiger partial charge in [0.05, 0.1) is 28.0 Å². The molecule has 2 aromatic carbocycles. The molecule has 3 heterocycles. The van der Waals surface area contributed by atoms with Crippen LogP contribution in [0.2, 0.25) is 0 Å². The third-order valence-electron chi connectivity index (χ3n) is 5.99. The molecule has 4 nitrogen and oxygen atoms in total. The lowest BCUT2D eigenvalue weighted by Crippen LogP contribution is -2.51. The number of nitrogens with zero attached hydrogens (tertiary/aromatic N) is 2. The fourth-order valence-corrected chi connectivity index (χ4v) is 4.69. The third kappa shape index (κ3) is 1.79. The van der Waals surface area contributed by atoms with Crippen molar-refractivity contribution in [3.8, 4) is 0 Å². The van der Waals surface area contributed by atoms with Crippen molar-refractivity contribution < 1.29 is 9.59 Å². The van der Waals surface area contributed by atoms with E-state index in [1.54, 1.807) is 0 Å². The summed E-state index contributed by atoms with van der Waals surface area (Å²) in [5.41, 5.74) is 3.77. The largest absolute Gasteiger partial charge is 0.300 e. The molecule has 0 spiro atoms. The number of hydrogen-bond acceptors (Lipinski definition) is 2. The van der Waals surface area contributed by atoms with E-state index in [9.17, 15) is 9.59 Å². The molecular formula is C22H20N2O2. The van der Waals surface area contributed by atoms with Crippen molar-refractivity contribution in [2.24, 2.45) is 0 Å². The Morgan fingerprint density at radius 2 is 1.85 bits per heavy atom. The van der Waals surface area contributed by atoms with Gasteiger partial charge in [0.2, 0.25) is 5.91 Å². The van der Waals surface area contributed by atoms with Gasteiger partial charge < -0.3 is 4.90 Å². The highest BCUT2D eigenvalue weighted by molar-refractivity contribution is 6.11. The maximum Gasteiger partial charge on any atom is 0.264 e.